The summed E-state index contributed by atoms with van der Waals surface area (Å²) < 4.78 is 7.12. The number of methoxy groups -OCH3 is 1. The maximum Gasteiger partial charge on any atom is 0.234 e. The van der Waals surface area contributed by atoms with Crippen molar-refractivity contribution in [2.24, 2.45) is 0 Å². The molecule has 1 aromatic heterocycles. The van der Waals surface area contributed by atoms with Gasteiger partial charge in [-0.15, -0.1) is 10.2 Å². The summed E-state index contributed by atoms with van der Waals surface area (Å²) in [6, 6.07) is 23.9. The Bertz CT molecular complexity index is 1330. The van der Waals surface area contributed by atoms with E-state index in [1.807, 2.05) is 41.0 Å². The van der Waals surface area contributed by atoms with Gasteiger partial charge < -0.3 is 10.1 Å². The lowest BCUT2D eigenvalue weighted by molar-refractivity contribution is -0.113. The molecule has 0 spiro atoms. The molecule has 0 atom stereocenters. The van der Waals surface area contributed by atoms with Gasteiger partial charge in [0.15, 0.2) is 11.0 Å². The first kappa shape index (κ1) is 22.4. The SMILES string of the molecule is COc1ccc(-n2c(SCC(=O)Nc3cccc(C#N)c3)nnc2-c2ccccc2)cc1Cl. The predicted molar refractivity (Wildman–Crippen MR) is 129 cm³/mol. The second-order valence-corrected chi connectivity index (χ2v) is 8.21. The van der Waals surface area contributed by atoms with Gasteiger partial charge in [-0.3, -0.25) is 9.36 Å². The van der Waals surface area contributed by atoms with Crippen molar-refractivity contribution in [3.63, 3.8) is 0 Å². The van der Waals surface area contributed by atoms with E-state index in [-0.39, 0.29) is 11.7 Å². The van der Waals surface area contributed by atoms with Crippen LogP contribution in [0.15, 0.2) is 78.0 Å². The number of carbonyl (C=O) groups excluding carboxylic acids is 1. The van der Waals surface area contributed by atoms with E-state index in [1.54, 1.807) is 43.5 Å². The van der Waals surface area contributed by atoms with Gasteiger partial charge in [0.25, 0.3) is 0 Å². The van der Waals surface area contributed by atoms with Crippen LogP contribution in [0, 0.1) is 11.3 Å². The zero-order valence-corrected chi connectivity index (χ0v) is 19.1. The topological polar surface area (TPSA) is 92.8 Å². The van der Waals surface area contributed by atoms with Gasteiger partial charge in [-0.25, -0.2) is 0 Å². The molecule has 4 rings (SSSR count). The second kappa shape index (κ2) is 10.2. The molecular weight excluding hydrogens is 458 g/mol. The quantitative estimate of drug-likeness (QED) is 0.369. The minimum atomic E-state index is -0.223. The third-order valence-electron chi connectivity index (χ3n) is 4.67. The molecule has 164 valence electrons. The molecule has 0 aliphatic carbocycles. The number of nitrogens with zero attached hydrogens (tertiary/aromatic N) is 4. The number of nitriles is 1. The number of thioether (sulfide) groups is 1. The lowest BCUT2D eigenvalue weighted by Crippen LogP contribution is -2.14. The lowest BCUT2D eigenvalue weighted by atomic mass is 10.2. The largest absolute Gasteiger partial charge is 0.495 e. The molecule has 4 aromatic rings. The van der Waals surface area contributed by atoms with Crippen molar-refractivity contribution in [1.29, 1.82) is 5.26 Å². The molecule has 0 radical (unpaired) electrons. The Morgan fingerprint density at radius 2 is 1.94 bits per heavy atom. The fraction of sp³-hybridized carbons (Fsp3) is 0.0833. The van der Waals surface area contributed by atoms with Gasteiger partial charge in [-0.05, 0) is 36.4 Å². The monoisotopic (exact) mass is 475 g/mol. The van der Waals surface area contributed by atoms with Crippen LogP contribution < -0.4 is 10.1 Å². The van der Waals surface area contributed by atoms with Crippen LogP contribution in [0.2, 0.25) is 5.02 Å². The van der Waals surface area contributed by atoms with Crippen LogP contribution >= 0.6 is 23.4 Å². The van der Waals surface area contributed by atoms with Crippen LogP contribution in [0.25, 0.3) is 17.1 Å². The number of benzene rings is 3. The van der Waals surface area contributed by atoms with Gasteiger partial charge in [0.1, 0.15) is 5.75 Å². The van der Waals surface area contributed by atoms with E-state index >= 15 is 0 Å². The molecule has 0 bridgehead atoms. The number of hydrogen-bond acceptors (Lipinski definition) is 6. The summed E-state index contributed by atoms with van der Waals surface area (Å²) in [7, 11) is 1.56. The van der Waals surface area contributed by atoms with E-state index in [9.17, 15) is 4.79 Å². The molecule has 9 heteroatoms. The summed E-state index contributed by atoms with van der Waals surface area (Å²) in [6.07, 6.45) is 0. The highest BCUT2D eigenvalue weighted by Gasteiger charge is 2.18. The number of ether oxygens (including phenoxy) is 1. The van der Waals surface area contributed by atoms with Gasteiger partial charge in [-0.2, -0.15) is 5.26 Å². The molecule has 0 aliphatic rings. The Balaban J connectivity index is 1.61. The van der Waals surface area contributed by atoms with Crippen LogP contribution in [0.5, 0.6) is 5.75 Å². The number of hydrogen-bond donors (Lipinski definition) is 1. The predicted octanol–water partition coefficient (Wildman–Crippen LogP) is 5.20. The van der Waals surface area contributed by atoms with Gasteiger partial charge in [0.2, 0.25) is 5.91 Å². The van der Waals surface area contributed by atoms with E-state index in [4.69, 9.17) is 21.6 Å². The molecule has 0 fully saturated rings. The number of aromatic nitrogens is 3. The molecule has 1 N–H and O–H groups in total. The fourth-order valence-electron chi connectivity index (χ4n) is 3.16. The number of nitrogens with one attached hydrogen (secondary N) is 1. The van der Waals surface area contributed by atoms with E-state index in [1.165, 1.54) is 11.8 Å². The summed E-state index contributed by atoms with van der Waals surface area (Å²) in [6.45, 7) is 0. The first-order valence-electron chi connectivity index (χ1n) is 9.86. The maximum absolute atomic E-state index is 12.5. The van der Waals surface area contributed by atoms with Crippen molar-refractivity contribution < 1.29 is 9.53 Å². The van der Waals surface area contributed by atoms with E-state index < -0.39 is 0 Å². The first-order chi connectivity index (χ1) is 16.1. The molecule has 33 heavy (non-hydrogen) atoms. The van der Waals surface area contributed by atoms with Crippen molar-refractivity contribution in [1.82, 2.24) is 14.8 Å². The highest BCUT2D eigenvalue weighted by molar-refractivity contribution is 7.99. The molecular formula is C24H18ClN5O2S. The first-order valence-corrected chi connectivity index (χ1v) is 11.2. The average molecular weight is 476 g/mol. The standard InChI is InChI=1S/C24H18ClN5O2S/c1-32-21-11-10-19(13-20(21)25)30-23(17-7-3-2-4-8-17)28-29-24(30)33-15-22(31)27-18-9-5-6-16(12-18)14-26/h2-13H,15H2,1H3,(H,27,31). The molecule has 7 nitrogen and oxygen atoms in total. The van der Waals surface area contributed by atoms with Crippen LogP contribution in [-0.2, 0) is 4.79 Å². The Hall–Kier alpha value is -3.80. The minimum Gasteiger partial charge on any atom is -0.495 e. The molecule has 0 unspecified atom stereocenters. The van der Waals surface area contributed by atoms with Crippen LogP contribution in [-0.4, -0.2) is 33.5 Å². The number of anilines is 1. The second-order valence-electron chi connectivity index (χ2n) is 6.86. The lowest BCUT2D eigenvalue weighted by Gasteiger charge is -2.12. The Morgan fingerprint density at radius 3 is 2.67 bits per heavy atom. The smallest absolute Gasteiger partial charge is 0.234 e. The Morgan fingerprint density at radius 1 is 1.12 bits per heavy atom. The molecule has 0 aliphatic heterocycles. The van der Waals surface area contributed by atoms with Crippen molar-refractivity contribution in [3.05, 3.63) is 83.4 Å². The average Bonchev–Trinajstić information content (AvgIpc) is 3.27. The van der Waals surface area contributed by atoms with Crippen LogP contribution in [0.4, 0.5) is 5.69 Å². The molecule has 1 heterocycles. The Labute approximate surface area is 200 Å². The number of rotatable bonds is 7. The number of amides is 1. The third kappa shape index (κ3) is 5.17. The Kier molecular flexibility index (Phi) is 6.93. The summed E-state index contributed by atoms with van der Waals surface area (Å²) in [5.41, 5.74) is 2.66. The minimum absolute atomic E-state index is 0.105. The summed E-state index contributed by atoms with van der Waals surface area (Å²) in [5.74, 6) is 1.07. The highest BCUT2D eigenvalue weighted by atomic mass is 35.5. The normalized spacial score (nSPS) is 10.5. The van der Waals surface area contributed by atoms with Crippen molar-refractivity contribution in [2.75, 3.05) is 18.2 Å². The highest BCUT2D eigenvalue weighted by Crippen LogP contribution is 2.32. The van der Waals surface area contributed by atoms with Gasteiger partial charge in [-0.1, -0.05) is 59.8 Å². The maximum atomic E-state index is 12.5. The van der Waals surface area contributed by atoms with E-state index in [2.05, 4.69) is 21.6 Å². The van der Waals surface area contributed by atoms with Crippen molar-refractivity contribution >= 4 is 35.0 Å². The zero-order valence-electron chi connectivity index (χ0n) is 17.5. The summed E-state index contributed by atoms with van der Waals surface area (Å²) in [5, 5.41) is 21.5. The summed E-state index contributed by atoms with van der Waals surface area (Å²) in [4.78, 5) is 12.5. The molecule has 1 amide bonds. The van der Waals surface area contributed by atoms with Gasteiger partial charge in [0, 0.05) is 11.3 Å². The van der Waals surface area contributed by atoms with Crippen molar-refractivity contribution in [2.45, 2.75) is 5.16 Å². The fourth-order valence-corrected chi connectivity index (χ4v) is 4.16. The van der Waals surface area contributed by atoms with Crippen LogP contribution in [0.1, 0.15) is 5.56 Å². The zero-order chi connectivity index (χ0) is 23.2. The van der Waals surface area contributed by atoms with Crippen molar-refractivity contribution in [3.8, 4) is 28.9 Å². The molecule has 0 saturated heterocycles. The van der Waals surface area contributed by atoms with Crippen LogP contribution in [0.3, 0.4) is 0 Å². The van der Waals surface area contributed by atoms with Gasteiger partial charge in [0.05, 0.1) is 35.2 Å². The molecule has 0 saturated carbocycles. The van der Waals surface area contributed by atoms with E-state index in [0.29, 0.717) is 33.0 Å². The van der Waals surface area contributed by atoms with Gasteiger partial charge >= 0.3 is 0 Å². The third-order valence-corrected chi connectivity index (χ3v) is 5.89. The number of carbonyl (C=O) groups is 1. The van der Waals surface area contributed by atoms with E-state index in [0.717, 1.165) is 11.3 Å². The summed E-state index contributed by atoms with van der Waals surface area (Å²) >= 11 is 7.62. The number of halogens is 1. The molecule has 3 aromatic carbocycles.